The molecule has 0 bridgehead atoms. The second-order valence-electron chi connectivity index (χ2n) is 3.71. The standard InChI is InChI=1S/C10H13BrCl2S/c1-6(2)3-4-8(12)9-5-7(11)10(13)14-9/h5-6,8H,3-4H2,1-2H3. The largest absolute Gasteiger partial charge is 0.126 e. The number of hydrogen-bond acceptors (Lipinski definition) is 1. The highest BCUT2D eigenvalue weighted by Gasteiger charge is 2.13. The minimum Gasteiger partial charge on any atom is -0.126 e. The van der Waals surface area contributed by atoms with Crippen LogP contribution in [0.4, 0.5) is 0 Å². The molecule has 0 N–H and O–H groups in total. The van der Waals surface area contributed by atoms with Gasteiger partial charge >= 0.3 is 0 Å². The third-order valence-corrected chi connectivity index (χ3v) is 5.14. The Kier molecular flexibility index (Phi) is 5.26. The summed E-state index contributed by atoms with van der Waals surface area (Å²) in [5, 5.41) is 0.103. The van der Waals surface area contributed by atoms with Crippen LogP contribution in [0.15, 0.2) is 10.5 Å². The minimum atomic E-state index is 0.103. The van der Waals surface area contributed by atoms with E-state index in [0.717, 1.165) is 26.5 Å². The van der Waals surface area contributed by atoms with E-state index in [1.807, 2.05) is 6.07 Å². The van der Waals surface area contributed by atoms with Gasteiger partial charge in [0.25, 0.3) is 0 Å². The first-order valence-electron chi connectivity index (χ1n) is 4.59. The number of rotatable bonds is 4. The molecule has 1 atom stereocenters. The molecule has 0 saturated heterocycles. The van der Waals surface area contributed by atoms with Gasteiger partial charge < -0.3 is 0 Å². The zero-order valence-corrected chi connectivity index (χ0v) is 12.1. The van der Waals surface area contributed by atoms with Crippen molar-refractivity contribution in [3.63, 3.8) is 0 Å². The molecule has 0 radical (unpaired) electrons. The average Bonchev–Trinajstić information content (AvgIpc) is 2.43. The van der Waals surface area contributed by atoms with Gasteiger partial charge in [-0.2, -0.15) is 0 Å². The van der Waals surface area contributed by atoms with Crippen LogP contribution in [-0.4, -0.2) is 0 Å². The van der Waals surface area contributed by atoms with Gasteiger partial charge in [0.05, 0.1) is 5.38 Å². The summed E-state index contributed by atoms with van der Waals surface area (Å²) in [6, 6.07) is 2.02. The zero-order chi connectivity index (χ0) is 10.7. The van der Waals surface area contributed by atoms with Crippen LogP contribution in [0.1, 0.15) is 36.9 Å². The van der Waals surface area contributed by atoms with E-state index in [9.17, 15) is 0 Å². The summed E-state index contributed by atoms with van der Waals surface area (Å²) in [7, 11) is 0. The Labute approximate surface area is 108 Å². The summed E-state index contributed by atoms with van der Waals surface area (Å²) < 4.78 is 1.74. The third kappa shape index (κ3) is 3.73. The molecule has 1 unspecified atom stereocenters. The van der Waals surface area contributed by atoms with Crippen molar-refractivity contribution < 1.29 is 0 Å². The van der Waals surface area contributed by atoms with E-state index in [0.29, 0.717) is 5.92 Å². The van der Waals surface area contributed by atoms with Gasteiger partial charge in [-0.1, -0.05) is 25.4 Å². The van der Waals surface area contributed by atoms with Crippen LogP contribution in [-0.2, 0) is 0 Å². The van der Waals surface area contributed by atoms with Gasteiger partial charge in [-0.3, -0.25) is 0 Å². The molecule has 1 rings (SSSR count). The lowest BCUT2D eigenvalue weighted by atomic mass is 10.1. The minimum absolute atomic E-state index is 0.103. The molecule has 0 aliphatic heterocycles. The van der Waals surface area contributed by atoms with Crippen molar-refractivity contribution in [1.29, 1.82) is 0 Å². The predicted molar refractivity (Wildman–Crippen MR) is 69.7 cm³/mol. The molecule has 0 saturated carbocycles. The van der Waals surface area contributed by atoms with E-state index < -0.39 is 0 Å². The Morgan fingerprint density at radius 1 is 1.43 bits per heavy atom. The smallest absolute Gasteiger partial charge is 0.107 e. The summed E-state index contributed by atoms with van der Waals surface area (Å²) in [4.78, 5) is 1.16. The van der Waals surface area contributed by atoms with Crippen molar-refractivity contribution in [1.82, 2.24) is 0 Å². The molecule has 1 aromatic heterocycles. The topological polar surface area (TPSA) is 0 Å². The summed E-state index contributed by atoms with van der Waals surface area (Å²) in [5.74, 6) is 0.704. The molecular formula is C10H13BrCl2S. The third-order valence-electron chi connectivity index (χ3n) is 1.97. The summed E-state index contributed by atoms with van der Waals surface area (Å²) >= 11 is 17.2. The number of hydrogen-bond donors (Lipinski definition) is 0. The molecule has 0 nitrogen and oxygen atoms in total. The SMILES string of the molecule is CC(C)CCC(Cl)c1cc(Br)c(Cl)s1. The lowest BCUT2D eigenvalue weighted by Crippen LogP contribution is -1.92. The maximum atomic E-state index is 6.27. The monoisotopic (exact) mass is 314 g/mol. The quantitative estimate of drug-likeness (QED) is 0.608. The molecule has 0 fully saturated rings. The molecule has 1 heterocycles. The van der Waals surface area contributed by atoms with E-state index in [1.54, 1.807) is 11.3 Å². The van der Waals surface area contributed by atoms with Gasteiger partial charge in [-0.05, 0) is 40.8 Å². The Morgan fingerprint density at radius 2 is 2.07 bits per heavy atom. The van der Waals surface area contributed by atoms with Gasteiger partial charge in [-0.15, -0.1) is 22.9 Å². The van der Waals surface area contributed by atoms with Gasteiger partial charge in [0.15, 0.2) is 0 Å². The van der Waals surface area contributed by atoms with E-state index in [1.165, 1.54) is 0 Å². The van der Waals surface area contributed by atoms with Gasteiger partial charge in [0.2, 0.25) is 0 Å². The van der Waals surface area contributed by atoms with Crippen molar-refractivity contribution in [3.8, 4) is 0 Å². The highest BCUT2D eigenvalue weighted by Crippen LogP contribution is 2.39. The van der Waals surface area contributed by atoms with Crippen LogP contribution in [0.3, 0.4) is 0 Å². The first-order chi connectivity index (χ1) is 6.50. The van der Waals surface area contributed by atoms with E-state index in [-0.39, 0.29) is 5.38 Å². The van der Waals surface area contributed by atoms with E-state index in [4.69, 9.17) is 23.2 Å². The Morgan fingerprint density at radius 3 is 2.50 bits per heavy atom. The molecule has 0 aromatic carbocycles. The van der Waals surface area contributed by atoms with Crippen molar-refractivity contribution in [2.24, 2.45) is 5.92 Å². The fourth-order valence-corrected chi connectivity index (χ4v) is 3.21. The second kappa shape index (κ2) is 5.74. The Hall–Kier alpha value is 0.760. The summed E-state index contributed by atoms with van der Waals surface area (Å²) in [6.45, 7) is 4.42. The normalized spacial score (nSPS) is 13.6. The number of halogens is 3. The fraction of sp³-hybridized carbons (Fsp3) is 0.600. The maximum absolute atomic E-state index is 6.27. The van der Waals surface area contributed by atoms with Gasteiger partial charge in [0.1, 0.15) is 4.34 Å². The van der Waals surface area contributed by atoms with Crippen LogP contribution in [0.5, 0.6) is 0 Å². The van der Waals surface area contributed by atoms with Crippen LogP contribution in [0.25, 0.3) is 0 Å². The average molecular weight is 316 g/mol. The lowest BCUT2D eigenvalue weighted by Gasteiger charge is -2.08. The van der Waals surface area contributed by atoms with Crippen molar-refractivity contribution in [2.45, 2.75) is 32.1 Å². The van der Waals surface area contributed by atoms with Crippen LogP contribution in [0, 0.1) is 5.92 Å². The van der Waals surface area contributed by atoms with E-state index in [2.05, 4.69) is 29.8 Å². The fourth-order valence-electron chi connectivity index (χ4n) is 1.14. The molecular weight excluding hydrogens is 303 g/mol. The molecule has 14 heavy (non-hydrogen) atoms. The summed E-state index contributed by atoms with van der Waals surface area (Å²) in [6.07, 6.45) is 2.17. The molecule has 0 spiro atoms. The number of thiophene rings is 1. The van der Waals surface area contributed by atoms with Crippen molar-refractivity contribution in [2.75, 3.05) is 0 Å². The zero-order valence-electron chi connectivity index (χ0n) is 8.19. The van der Waals surface area contributed by atoms with Crippen molar-refractivity contribution >= 4 is 50.5 Å². The molecule has 0 aliphatic rings. The Bertz CT molecular complexity index is 277. The second-order valence-corrected chi connectivity index (χ2v) is 6.78. The highest BCUT2D eigenvalue weighted by atomic mass is 79.9. The number of alkyl halides is 1. The first-order valence-corrected chi connectivity index (χ1v) is 7.02. The predicted octanol–water partition coefficient (Wildman–Crippen LogP) is 5.88. The maximum Gasteiger partial charge on any atom is 0.107 e. The highest BCUT2D eigenvalue weighted by molar-refractivity contribution is 9.10. The first kappa shape index (κ1) is 12.8. The van der Waals surface area contributed by atoms with Crippen LogP contribution in [0.2, 0.25) is 4.34 Å². The molecule has 80 valence electrons. The summed E-state index contributed by atoms with van der Waals surface area (Å²) in [5.41, 5.74) is 0. The van der Waals surface area contributed by atoms with Crippen molar-refractivity contribution in [3.05, 3.63) is 19.8 Å². The van der Waals surface area contributed by atoms with Crippen LogP contribution >= 0.6 is 50.5 Å². The van der Waals surface area contributed by atoms with Crippen LogP contribution < -0.4 is 0 Å². The van der Waals surface area contributed by atoms with Gasteiger partial charge in [0, 0.05) is 9.35 Å². The molecule has 1 aromatic rings. The van der Waals surface area contributed by atoms with E-state index >= 15 is 0 Å². The Balaban J connectivity index is 2.56. The lowest BCUT2D eigenvalue weighted by molar-refractivity contribution is 0.551. The molecule has 0 amide bonds. The molecule has 0 aliphatic carbocycles. The van der Waals surface area contributed by atoms with Gasteiger partial charge in [-0.25, -0.2) is 0 Å². The molecule has 4 heteroatoms.